The molecule has 2 atom stereocenters. The molecule has 1 aliphatic heterocycles. The van der Waals surface area contributed by atoms with Crippen LogP contribution in [0, 0.1) is 6.92 Å². The molecular formula is C18H20N2O3S. The second kappa shape index (κ2) is 6.28. The van der Waals surface area contributed by atoms with Crippen molar-refractivity contribution in [3.8, 4) is 0 Å². The van der Waals surface area contributed by atoms with Gasteiger partial charge in [0.05, 0.1) is 4.90 Å². The smallest absolute Gasteiger partial charge is 0.205 e. The van der Waals surface area contributed by atoms with Crippen molar-refractivity contribution in [2.24, 2.45) is 4.99 Å². The van der Waals surface area contributed by atoms with Crippen molar-refractivity contribution in [2.45, 2.75) is 23.3 Å². The molecule has 0 N–H and O–H groups in total. The third kappa shape index (κ3) is 3.01. The predicted octanol–water partition coefficient (Wildman–Crippen LogP) is 2.96. The number of hydrogen-bond donors (Lipinski definition) is 0. The van der Waals surface area contributed by atoms with Crippen molar-refractivity contribution < 1.29 is 13.2 Å². The molecule has 1 aliphatic rings. The third-order valence-electron chi connectivity index (χ3n) is 4.08. The van der Waals surface area contributed by atoms with Crippen LogP contribution in [0.4, 0.5) is 5.69 Å². The Morgan fingerprint density at radius 3 is 2.21 bits per heavy atom. The molecule has 2 aromatic carbocycles. The lowest BCUT2D eigenvalue weighted by Crippen LogP contribution is -2.24. The first kappa shape index (κ1) is 16.5. The Morgan fingerprint density at radius 1 is 1.00 bits per heavy atom. The van der Waals surface area contributed by atoms with Crippen LogP contribution in [0.1, 0.15) is 17.2 Å². The molecule has 0 bridgehead atoms. The maximum Gasteiger partial charge on any atom is 0.205 e. The van der Waals surface area contributed by atoms with E-state index in [-0.39, 0.29) is 4.90 Å². The van der Waals surface area contributed by atoms with Gasteiger partial charge < -0.3 is 9.64 Å². The van der Waals surface area contributed by atoms with Crippen molar-refractivity contribution in [1.29, 1.82) is 0 Å². The number of benzene rings is 2. The molecule has 3 rings (SSSR count). The SMILES string of the molecule is Cc1ccc(S(=O)(=O)[C@H]2N=CO[C@@H]2c2ccc(N(C)C)cc2)cc1. The van der Waals surface area contributed by atoms with Crippen LogP contribution in [0.15, 0.2) is 58.4 Å². The number of rotatable bonds is 4. The summed E-state index contributed by atoms with van der Waals surface area (Å²) in [5.41, 5.74) is 2.84. The zero-order valence-corrected chi connectivity index (χ0v) is 14.7. The van der Waals surface area contributed by atoms with E-state index in [1.165, 1.54) is 6.40 Å². The fourth-order valence-electron chi connectivity index (χ4n) is 2.62. The Bertz CT molecular complexity index is 841. The summed E-state index contributed by atoms with van der Waals surface area (Å²) in [4.78, 5) is 6.32. The van der Waals surface area contributed by atoms with Gasteiger partial charge in [-0.25, -0.2) is 13.4 Å². The molecule has 0 fully saturated rings. The van der Waals surface area contributed by atoms with Crippen LogP contribution in [0.2, 0.25) is 0 Å². The molecule has 5 nitrogen and oxygen atoms in total. The molecule has 1 heterocycles. The lowest BCUT2D eigenvalue weighted by atomic mass is 10.1. The summed E-state index contributed by atoms with van der Waals surface area (Å²) in [6, 6.07) is 14.4. The highest BCUT2D eigenvalue weighted by molar-refractivity contribution is 7.92. The Hall–Kier alpha value is -2.34. The molecule has 0 aliphatic carbocycles. The van der Waals surface area contributed by atoms with Gasteiger partial charge in [-0.15, -0.1) is 0 Å². The first-order chi connectivity index (χ1) is 11.4. The molecule has 0 spiro atoms. The highest BCUT2D eigenvalue weighted by Crippen LogP contribution is 2.34. The Morgan fingerprint density at radius 2 is 1.62 bits per heavy atom. The Balaban J connectivity index is 1.92. The third-order valence-corrected chi connectivity index (χ3v) is 6.01. The number of hydrogen-bond acceptors (Lipinski definition) is 5. The van der Waals surface area contributed by atoms with E-state index >= 15 is 0 Å². The van der Waals surface area contributed by atoms with Crippen LogP contribution in [0.25, 0.3) is 0 Å². The van der Waals surface area contributed by atoms with Crippen molar-refractivity contribution in [3.63, 3.8) is 0 Å². The van der Waals surface area contributed by atoms with E-state index in [0.717, 1.165) is 16.8 Å². The summed E-state index contributed by atoms with van der Waals surface area (Å²) in [5, 5.41) is -0.967. The molecule has 6 heteroatoms. The number of aliphatic imine (C=N–C) groups is 1. The van der Waals surface area contributed by atoms with E-state index in [1.807, 2.05) is 50.2 Å². The Kier molecular flexibility index (Phi) is 4.32. The van der Waals surface area contributed by atoms with E-state index in [0.29, 0.717) is 0 Å². The summed E-state index contributed by atoms with van der Waals surface area (Å²) < 4.78 is 31.3. The Labute approximate surface area is 142 Å². The van der Waals surface area contributed by atoms with E-state index in [4.69, 9.17) is 4.74 Å². The van der Waals surface area contributed by atoms with Gasteiger partial charge in [0.1, 0.15) is 0 Å². The van der Waals surface area contributed by atoms with Crippen LogP contribution in [-0.2, 0) is 14.6 Å². The van der Waals surface area contributed by atoms with Gasteiger partial charge in [-0.05, 0) is 36.8 Å². The maximum absolute atomic E-state index is 12.9. The highest BCUT2D eigenvalue weighted by atomic mass is 32.2. The van der Waals surface area contributed by atoms with Gasteiger partial charge in [0, 0.05) is 19.8 Å². The van der Waals surface area contributed by atoms with E-state index in [9.17, 15) is 8.42 Å². The quantitative estimate of drug-likeness (QED) is 0.856. The average molecular weight is 344 g/mol. The normalized spacial score (nSPS) is 20.0. The molecule has 24 heavy (non-hydrogen) atoms. The first-order valence-electron chi connectivity index (χ1n) is 7.64. The summed E-state index contributed by atoms with van der Waals surface area (Å²) >= 11 is 0. The van der Waals surface area contributed by atoms with Gasteiger partial charge in [0.15, 0.2) is 17.9 Å². The number of ether oxygens (including phenoxy) is 1. The molecule has 0 amide bonds. The molecule has 0 saturated carbocycles. The molecule has 0 aromatic heterocycles. The van der Waals surface area contributed by atoms with Crippen LogP contribution >= 0.6 is 0 Å². The minimum atomic E-state index is -3.61. The minimum absolute atomic E-state index is 0.260. The molecule has 0 unspecified atom stereocenters. The fourth-order valence-corrected chi connectivity index (χ4v) is 4.17. The van der Waals surface area contributed by atoms with Crippen LogP contribution in [0.3, 0.4) is 0 Å². The summed E-state index contributed by atoms with van der Waals surface area (Å²) in [6.45, 7) is 1.92. The van der Waals surface area contributed by atoms with E-state index in [2.05, 4.69) is 4.99 Å². The van der Waals surface area contributed by atoms with Crippen molar-refractivity contribution in [1.82, 2.24) is 0 Å². The molecule has 0 radical (unpaired) electrons. The van der Waals surface area contributed by atoms with Gasteiger partial charge in [-0.1, -0.05) is 29.8 Å². The van der Waals surface area contributed by atoms with Crippen molar-refractivity contribution in [2.75, 3.05) is 19.0 Å². The van der Waals surface area contributed by atoms with Gasteiger partial charge in [-0.3, -0.25) is 0 Å². The zero-order valence-electron chi connectivity index (χ0n) is 13.9. The standard InChI is InChI=1S/C18H20N2O3S/c1-13-4-10-16(11-5-13)24(21,22)18-17(23-12-19-18)14-6-8-15(9-7-14)20(2)3/h4-12,17-18H,1-3H3/t17-,18-/m1/s1. The first-order valence-corrected chi connectivity index (χ1v) is 9.19. The lowest BCUT2D eigenvalue weighted by molar-refractivity contribution is 0.227. The number of anilines is 1. The monoisotopic (exact) mass is 344 g/mol. The van der Waals surface area contributed by atoms with E-state index < -0.39 is 21.3 Å². The van der Waals surface area contributed by atoms with E-state index in [1.54, 1.807) is 24.3 Å². The highest BCUT2D eigenvalue weighted by Gasteiger charge is 2.39. The van der Waals surface area contributed by atoms with Crippen molar-refractivity contribution in [3.05, 3.63) is 59.7 Å². The fraction of sp³-hybridized carbons (Fsp3) is 0.278. The lowest BCUT2D eigenvalue weighted by Gasteiger charge is -2.19. The summed E-state index contributed by atoms with van der Waals surface area (Å²) in [5.74, 6) is 0. The van der Waals surface area contributed by atoms with Gasteiger partial charge in [0.2, 0.25) is 9.84 Å². The topological polar surface area (TPSA) is 59.0 Å². The van der Waals surface area contributed by atoms with Crippen LogP contribution < -0.4 is 4.90 Å². The predicted molar refractivity (Wildman–Crippen MR) is 95.2 cm³/mol. The van der Waals surface area contributed by atoms with Crippen LogP contribution in [0.5, 0.6) is 0 Å². The zero-order chi connectivity index (χ0) is 17.3. The summed E-state index contributed by atoms with van der Waals surface area (Å²) in [6.07, 6.45) is 0.605. The molecule has 0 saturated heterocycles. The van der Waals surface area contributed by atoms with Gasteiger partial charge >= 0.3 is 0 Å². The molecular weight excluding hydrogens is 324 g/mol. The van der Waals surface area contributed by atoms with Crippen LogP contribution in [-0.4, -0.2) is 34.3 Å². The number of aryl methyl sites for hydroxylation is 1. The second-order valence-corrected chi connectivity index (χ2v) is 8.09. The largest absolute Gasteiger partial charge is 0.472 e. The van der Waals surface area contributed by atoms with Crippen molar-refractivity contribution >= 4 is 21.9 Å². The average Bonchev–Trinajstić information content (AvgIpc) is 3.06. The molecule has 126 valence electrons. The minimum Gasteiger partial charge on any atom is -0.472 e. The van der Waals surface area contributed by atoms with Gasteiger partial charge in [-0.2, -0.15) is 0 Å². The number of nitrogens with zero attached hydrogens (tertiary/aromatic N) is 2. The maximum atomic E-state index is 12.9. The second-order valence-electron chi connectivity index (χ2n) is 6.05. The summed E-state index contributed by atoms with van der Waals surface area (Å²) in [7, 11) is 0.294. The van der Waals surface area contributed by atoms with Gasteiger partial charge in [0.25, 0.3) is 0 Å². The molecule has 2 aromatic rings. The number of sulfone groups is 1.